The minimum Gasteiger partial charge on any atom is -0.355 e. The molecule has 0 N–H and O–H groups in total. The Morgan fingerprint density at radius 1 is 0.941 bits per heavy atom. The number of fused-ring (bicyclic) bond motifs is 1. The molecule has 2 aliphatic heterocycles. The van der Waals surface area contributed by atoms with Crippen LogP contribution in [0.25, 0.3) is 0 Å². The number of piperidine rings is 1. The highest BCUT2D eigenvalue weighted by Gasteiger charge is 2.17. The zero-order chi connectivity index (χ0) is 11.7. The Kier molecular flexibility index (Phi) is 2.93. The monoisotopic (exact) mass is 251 g/mol. The maximum Gasteiger partial charge on any atom is 0.226 e. The molecule has 1 fully saturated rings. The lowest BCUT2D eigenvalue weighted by Gasteiger charge is -2.27. The quantitative estimate of drug-likeness (QED) is 0.678. The summed E-state index contributed by atoms with van der Waals surface area (Å²) in [6.45, 7) is 3.46. The summed E-state index contributed by atoms with van der Waals surface area (Å²) in [6.07, 6.45) is 3.69. The van der Waals surface area contributed by atoms with E-state index in [1.807, 2.05) is 0 Å². The van der Waals surface area contributed by atoms with E-state index in [0.29, 0.717) is 12.0 Å². The molecule has 0 saturated carbocycles. The Morgan fingerprint density at radius 2 is 1.71 bits per heavy atom. The van der Waals surface area contributed by atoms with E-state index in [2.05, 4.69) is 24.9 Å². The number of aromatic nitrogens is 2. The highest BCUT2D eigenvalue weighted by atomic mass is 35.5. The molecule has 3 heterocycles. The lowest BCUT2D eigenvalue weighted by molar-refractivity contribution is 0.569. The standard InChI is InChI=1S/C11H14ClN5/c12-11-15-9-8(13-4-5-14-9)10(16-11)17-6-2-1-3-7-17/h1-7H2. The van der Waals surface area contributed by atoms with Gasteiger partial charge in [-0.15, -0.1) is 0 Å². The van der Waals surface area contributed by atoms with E-state index in [4.69, 9.17) is 11.6 Å². The van der Waals surface area contributed by atoms with Crippen LogP contribution in [0.3, 0.4) is 0 Å². The van der Waals surface area contributed by atoms with Crippen molar-refractivity contribution in [3.05, 3.63) is 16.1 Å². The van der Waals surface area contributed by atoms with Crippen LogP contribution in [0.4, 0.5) is 5.82 Å². The van der Waals surface area contributed by atoms with Gasteiger partial charge in [-0.05, 0) is 30.9 Å². The molecule has 0 atom stereocenters. The van der Waals surface area contributed by atoms with E-state index in [1.165, 1.54) is 19.3 Å². The first-order valence-corrected chi connectivity index (χ1v) is 6.40. The second kappa shape index (κ2) is 4.56. The van der Waals surface area contributed by atoms with Crippen molar-refractivity contribution in [2.45, 2.75) is 19.3 Å². The summed E-state index contributed by atoms with van der Waals surface area (Å²) in [5, 5.41) is 1.09. The van der Waals surface area contributed by atoms with Crippen LogP contribution in [0.1, 0.15) is 19.3 Å². The van der Waals surface area contributed by atoms with Gasteiger partial charge < -0.3 is 4.90 Å². The summed E-state index contributed by atoms with van der Waals surface area (Å²) in [5.74, 6) is 0.864. The molecule has 5 nitrogen and oxygen atoms in total. The van der Waals surface area contributed by atoms with Crippen molar-refractivity contribution in [3.8, 4) is 0 Å². The summed E-state index contributed by atoms with van der Waals surface area (Å²) in [6, 6.07) is 0. The van der Waals surface area contributed by atoms with E-state index in [-0.39, 0.29) is 5.28 Å². The highest BCUT2D eigenvalue weighted by Crippen LogP contribution is 2.14. The normalized spacial score (nSPS) is 19.2. The number of nitrogens with zero attached hydrogens (tertiary/aromatic N) is 5. The molecule has 0 spiro atoms. The summed E-state index contributed by atoms with van der Waals surface area (Å²) >= 11 is 5.95. The second-order valence-electron chi connectivity index (χ2n) is 4.30. The maximum atomic E-state index is 5.95. The van der Waals surface area contributed by atoms with Gasteiger partial charge >= 0.3 is 0 Å². The molecule has 1 aromatic rings. The number of hydrogen-bond acceptors (Lipinski definition) is 5. The fourth-order valence-corrected chi connectivity index (χ4v) is 2.46. The Labute approximate surface area is 104 Å². The van der Waals surface area contributed by atoms with Gasteiger partial charge in [-0.3, -0.25) is 9.98 Å². The topological polar surface area (TPSA) is 53.7 Å². The maximum absolute atomic E-state index is 5.95. The minimum atomic E-state index is 0.269. The van der Waals surface area contributed by atoms with Crippen LogP contribution < -0.4 is 15.7 Å². The number of anilines is 1. The predicted molar refractivity (Wildman–Crippen MR) is 65.2 cm³/mol. The average molecular weight is 252 g/mol. The fraction of sp³-hybridized carbons (Fsp3) is 0.636. The SMILES string of the molecule is Clc1nc(N2CCCCC2)c2c(n1)=NCCN=2. The van der Waals surface area contributed by atoms with Gasteiger partial charge in [0.1, 0.15) is 5.36 Å². The van der Waals surface area contributed by atoms with Gasteiger partial charge in [-0.2, -0.15) is 9.97 Å². The van der Waals surface area contributed by atoms with Gasteiger partial charge in [-0.1, -0.05) is 0 Å². The third-order valence-electron chi connectivity index (χ3n) is 3.11. The van der Waals surface area contributed by atoms with Gasteiger partial charge in [0, 0.05) is 13.1 Å². The molecule has 1 aromatic heterocycles. The van der Waals surface area contributed by atoms with Crippen LogP contribution in [-0.2, 0) is 0 Å². The third-order valence-corrected chi connectivity index (χ3v) is 3.28. The van der Waals surface area contributed by atoms with Gasteiger partial charge in [0.25, 0.3) is 0 Å². The molecule has 0 amide bonds. The first-order valence-electron chi connectivity index (χ1n) is 6.02. The number of hydrogen-bond donors (Lipinski definition) is 0. The molecule has 1 saturated heterocycles. The Balaban J connectivity index is 2.12. The molecule has 90 valence electrons. The van der Waals surface area contributed by atoms with Crippen LogP contribution in [0.5, 0.6) is 0 Å². The van der Waals surface area contributed by atoms with Gasteiger partial charge in [0.05, 0.1) is 13.1 Å². The van der Waals surface area contributed by atoms with E-state index in [1.54, 1.807) is 0 Å². The lowest BCUT2D eigenvalue weighted by Crippen LogP contribution is -2.42. The van der Waals surface area contributed by atoms with Crippen LogP contribution in [-0.4, -0.2) is 36.1 Å². The molecule has 0 aliphatic carbocycles. The molecule has 0 radical (unpaired) electrons. The van der Waals surface area contributed by atoms with Gasteiger partial charge in [0.15, 0.2) is 11.3 Å². The van der Waals surface area contributed by atoms with Crippen molar-refractivity contribution in [1.29, 1.82) is 0 Å². The molecule has 6 heteroatoms. The van der Waals surface area contributed by atoms with E-state index in [9.17, 15) is 0 Å². The van der Waals surface area contributed by atoms with E-state index >= 15 is 0 Å². The Morgan fingerprint density at radius 3 is 2.53 bits per heavy atom. The summed E-state index contributed by atoms with van der Waals surface area (Å²) < 4.78 is 0. The molecule has 17 heavy (non-hydrogen) atoms. The van der Waals surface area contributed by atoms with Crippen molar-refractivity contribution in [2.75, 3.05) is 31.1 Å². The Bertz CT molecular complexity index is 536. The summed E-state index contributed by atoms with van der Waals surface area (Å²) in [5.41, 5.74) is 0.650. The van der Waals surface area contributed by atoms with Crippen molar-refractivity contribution < 1.29 is 0 Å². The Hall–Kier alpha value is -1.23. The minimum absolute atomic E-state index is 0.269. The van der Waals surface area contributed by atoms with Gasteiger partial charge in [0.2, 0.25) is 5.28 Å². The van der Waals surface area contributed by atoms with Crippen molar-refractivity contribution in [1.82, 2.24) is 9.97 Å². The molecular formula is C11H14ClN5. The molecule has 2 aliphatic rings. The van der Waals surface area contributed by atoms with E-state index < -0.39 is 0 Å². The summed E-state index contributed by atoms with van der Waals surface area (Å²) in [7, 11) is 0. The van der Waals surface area contributed by atoms with Crippen molar-refractivity contribution in [2.24, 2.45) is 9.98 Å². The first-order chi connectivity index (χ1) is 8.34. The molecule has 0 aromatic carbocycles. The van der Waals surface area contributed by atoms with Crippen LogP contribution in [0, 0.1) is 0 Å². The molecule has 0 bridgehead atoms. The third kappa shape index (κ3) is 2.11. The first kappa shape index (κ1) is 10.9. The van der Waals surface area contributed by atoms with Crippen LogP contribution in [0.15, 0.2) is 9.98 Å². The van der Waals surface area contributed by atoms with Crippen LogP contribution in [0.2, 0.25) is 5.28 Å². The smallest absolute Gasteiger partial charge is 0.226 e. The van der Waals surface area contributed by atoms with E-state index in [0.717, 1.165) is 30.8 Å². The zero-order valence-electron chi connectivity index (χ0n) is 9.56. The molecular weight excluding hydrogens is 238 g/mol. The number of halogens is 1. The average Bonchev–Trinajstić information content (AvgIpc) is 2.39. The van der Waals surface area contributed by atoms with Gasteiger partial charge in [-0.25, -0.2) is 0 Å². The molecule has 0 unspecified atom stereocenters. The predicted octanol–water partition coefficient (Wildman–Crippen LogP) is 0.373. The van der Waals surface area contributed by atoms with Crippen molar-refractivity contribution >= 4 is 17.4 Å². The number of rotatable bonds is 1. The second-order valence-corrected chi connectivity index (χ2v) is 4.64. The van der Waals surface area contributed by atoms with Crippen molar-refractivity contribution in [3.63, 3.8) is 0 Å². The lowest BCUT2D eigenvalue weighted by atomic mass is 10.1. The van der Waals surface area contributed by atoms with Crippen LogP contribution >= 0.6 is 11.6 Å². The highest BCUT2D eigenvalue weighted by molar-refractivity contribution is 6.28. The largest absolute Gasteiger partial charge is 0.355 e. The fourth-order valence-electron chi connectivity index (χ4n) is 2.30. The summed E-state index contributed by atoms with van der Waals surface area (Å²) in [4.78, 5) is 19.6. The zero-order valence-corrected chi connectivity index (χ0v) is 10.3. The molecule has 3 rings (SSSR count).